The number of ether oxygens (including phenoxy) is 1. The quantitative estimate of drug-likeness (QED) is 0.546. The molecule has 2 aromatic heterocycles. The Morgan fingerprint density at radius 2 is 1.97 bits per heavy atom. The number of rotatable bonds is 6. The van der Waals surface area contributed by atoms with Crippen LogP contribution in [0.3, 0.4) is 0 Å². The largest absolute Gasteiger partial charge is 0.468 e. The Labute approximate surface area is 184 Å². The van der Waals surface area contributed by atoms with Crippen molar-refractivity contribution in [2.45, 2.75) is 38.4 Å². The molecule has 4 rings (SSSR count). The van der Waals surface area contributed by atoms with E-state index in [1.165, 1.54) is 18.7 Å². The molecule has 1 unspecified atom stereocenters. The van der Waals surface area contributed by atoms with Gasteiger partial charge < -0.3 is 19.9 Å². The van der Waals surface area contributed by atoms with Crippen molar-refractivity contribution < 1.29 is 9.53 Å². The summed E-state index contributed by atoms with van der Waals surface area (Å²) < 4.78 is 8.83. The molecule has 0 saturated carbocycles. The summed E-state index contributed by atoms with van der Waals surface area (Å²) in [4.78, 5) is 44.8. The minimum Gasteiger partial charge on any atom is -0.468 e. The maximum atomic E-state index is 13.2. The van der Waals surface area contributed by atoms with E-state index in [0.29, 0.717) is 31.0 Å². The smallest absolute Gasteiger partial charge is 0.333 e. The topological polar surface area (TPSA) is 117 Å². The summed E-state index contributed by atoms with van der Waals surface area (Å²) in [6.07, 6.45) is 2.52. The number of esters is 1. The Bertz CT molecular complexity index is 1240. The zero-order valence-corrected chi connectivity index (χ0v) is 18.4. The molecule has 3 aromatic rings. The number of imidazole rings is 1. The summed E-state index contributed by atoms with van der Waals surface area (Å²) in [6.45, 7) is 1.53. The molecule has 10 nitrogen and oxygen atoms in total. The van der Waals surface area contributed by atoms with Crippen LogP contribution in [-0.2, 0) is 36.1 Å². The van der Waals surface area contributed by atoms with E-state index < -0.39 is 17.2 Å². The maximum absolute atomic E-state index is 13.2. The molecule has 1 aliphatic rings. The molecule has 170 valence electrons. The van der Waals surface area contributed by atoms with Gasteiger partial charge in [0.25, 0.3) is 5.56 Å². The molecule has 1 aliphatic heterocycles. The number of nitrogens with two attached hydrogens (primary N) is 1. The Morgan fingerprint density at radius 3 is 2.66 bits per heavy atom. The van der Waals surface area contributed by atoms with Gasteiger partial charge in [-0.15, -0.1) is 0 Å². The second-order valence-electron chi connectivity index (χ2n) is 8.13. The maximum Gasteiger partial charge on any atom is 0.333 e. The van der Waals surface area contributed by atoms with Crippen LogP contribution in [0.25, 0.3) is 11.2 Å². The van der Waals surface area contributed by atoms with E-state index >= 15 is 0 Å². The van der Waals surface area contributed by atoms with E-state index in [-0.39, 0.29) is 18.2 Å². The summed E-state index contributed by atoms with van der Waals surface area (Å²) in [5.41, 5.74) is 6.75. The van der Waals surface area contributed by atoms with Gasteiger partial charge in [0.15, 0.2) is 11.2 Å². The molecule has 3 heterocycles. The number of carbonyl (C=O) groups excluding carboxylic acids is 1. The second kappa shape index (κ2) is 8.99. The van der Waals surface area contributed by atoms with Gasteiger partial charge in [-0.25, -0.2) is 4.79 Å². The summed E-state index contributed by atoms with van der Waals surface area (Å²) in [5, 5.41) is 0. The first kappa shape index (κ1) is 21.8. The predicted octanol–water partition coefficient (Wildman–Crippen LogP) is 0.240. The lowest BCUT2D eigenvalue weighted by atomic mass is 10.1. The van der Waals surface area contributed by atoms with Gasteiger partial charge in [0.1, 0.15) is 6.54 Å². The number of piperidine rings is 1. The zero-order valence-electron chi connectivity index (χ0n) is 18.4. The lowest BCUT2D eigenvalue weighted by molar-refractivity contribution is -0.141. The fourth-order valence-electron chi connectivity index (χ4n) is 4.21. The highest BCUT2D eigenvalue weighted by Gasteiger charge is 2.27. The molecule has 10 heteroatoms. The molecule has 32 heavy (non-hydrogen) atoms. The molecule has 0 radical (unpaired) electrons. The van der Waals surface area contributed by atoms with Crippen molar-refractivity contribution in [3.05, 3.63) is 56.7 Å². The SMILES string of the molecule is COC(=O)Cn1c(=O)n(C)c(=O)c2c1nc(N1CCCC(N)C1)n2CCc1ccccc1. The Kier molecular flexibility index (Phi) is 6.13. The molecular formula is C22H28N6O4. The van der Waals surface area contributed by atoms with Crippen LogP contribution in [0, 0.1) is 0 Å². The van der Waals surface area contributed by atoms with Crippen LogP contribution in [0.4, 0.5) is 5.95 Å². The van der Waals surface area contributed by atoms with Crippen LogP contribution >= 0.6 is 0 Å². The minimum atomic E-state index is -0.609. The van der Waals surface area contributed by atoms with Crippen LogP contribution in [0.2, 0.25) is 0 Å². The van der Waals surface area contributed by atoms with Crippen LogP contribution in [0.1, 0.15) is 18.4 Å². The number of carbonyl (C=O) groups is 1. The van der Waals surface area contributed by atoms with Crippen molar-refractivity contribution in [1.82, 2.24) is 18.7 Å². The molecule has 1 aromatic carbocycles. The van der Waals surface area contributed by atoms with Gasteiger partial charge in [-0.1, -0.05) is 30.3 Å². The third-order valence-electron chi connectivity index (χ3n) is 5.93. The monoisotopic (exact) mass is 440 g/mol. The lowest BCUT2D eigenvalue weighted by Gasteiger charge is -2.31. The number of benzene rings is 1. The highest BCUT2D eigenvalue weighted by molar-refractivity contribution is 5.77. The average Bonchev–Trinajstić information content (AvgIpc) is 3.19. The van der Waals surface area contributed by atoms with E-state index in [4.69, 9.17) is 15.5 Å². The van der Waals surface area contributed by atoms with Crippen molar-refractivity contribution >= 4 is 23.1 Å². The van der Waals surface area contributed by atoms with Crippen LogP contribution in [0.15, 0.2) is 39.9 Å². The molecule has 0 amide bonds. The lowest BCUT2D eigenvalue weighted by Crippen LogP contribution is -2.44. The van der Waals surface area contributed by atoms with E-state index in [9.17, 15) is 14.4 Å². The third kappa shape index (κ3) is 4.05. The van der Waals surface area contributed by atoms with E-state index in [1.54, 1.807) is 0 Å². The van der Waals surface area contributed by atoms with Gasteiger partial charge in [0, 0.05) is 32.7 Å². The van der Waals surface area contributed by atoms with E-state index in [0.717, 1.165) is 29.5 Å². The van der Waals surface area contributed by atoms with E-state index in [2.05, 4.69) is 4.90 Å². The van der Waals surface area contributed by atoms with Crippen LogP contribution in [-0.4, -0.2) is 50.9 Å². The summed E-state index contributed by atoms with van der Waals surface area (Å²) in [6, 6.07) is 9.96. The molecule has 0 spiro atoms. The molecule has 0 aliphatic carbocycles. The molecule has 1 fully saturated rings. The number of hydrogen-bond acceptors (Lipinski definition) is 7. The van der Waals surface area contributed by atoms with E-state index in [1.807, 2.05) is 34.9 Å². The number of hydrogen-bond donors (Lipinski definition) is 1. The fourth-order valence-corrected chi connectivity index (χ4v) is 4.21. The third-order valence-corrected chi connectivity index (χ3v) is 5.93. The van der Waals surface area contributed by atoms with Crippen molar-refractivity contribution in [1.29, 1.82) is 0 Å². The van der Waals surface area contributed by atoms with Gasteiger partial charge in [-0.3, -0.25) is 18.7 Å². The number of fused-ring (bicyclic) bond motifs is 1. The first-order valence-corrected chi connectivity index (χ1v) is 10.7. The normalized spacial score (nSPS) is 16.5. The molecular weight excluding hydrogens is 412 g/mol. The molecule has 1 saturated heterocycles. The average molecular weight is 441 g/mol. The summed E-state index contributed by atoms with van der Waals surface area (Å²) >= 11 is 0. The van der Waals surface area contributed by atoms with Gasteiger partial charge >= 0.3 is 11.7 Å². The Hall–Kier alpha value is -3.40. The standard InChI is InChI=1S/C22H28N6O4/c1-25-20(30)18-19(28(22(25)31)14-17(29)32-2)24-21(26-11-6-9-16(23)13-26)27(18)12-10-15-7-4-3-5-8-15/h3-5,7-8,16H,6,9-14,23H2,1-2H3. The number of methoxy groups -OCH3 is 1. The number of aryl methyl sites for hydroxylation is 2. The number of aromatic nitrogens is 4. The molecule has 2 N–H and O–H groups in total. The first-order chi connectivity index (χ1) is 15.4. The predicted molar refractivity (Wildman–Crippen MR) is 121 cm³/mol. The highest BCUT2D eigenvalue weighted by Crippen LogP contribution is 2.24. The van der Waals surface area contributed by atoms with Crippen molar-refractivity contribution in [2.24, 2.45) is 12.8 Å². The van der Waals surface area contributed by atoms with Crippen LogP contribution < -0.4 is 21.9 Å². The van der Waals surface area contributed by atoms with Crippen molar-refractivity contribution in [2.75, 3.05) is 25.1 Å². The first-order valence-electron chi connectivity index (χ1n) is 10.7. The van der Waals surface area contributed by atoms with Gasteiger partial charge in [0.2, 0.25) is 5.95 Å². The van der Waals surface area contributed by atoms with Gasteiger partial charge in [-0.2, -0.15) is 4.98 Å². The second-order valence-corrected chi connectivity index (χ2v) is 8.13. The highest BCUT2D eigenvalue weighted by atomic mass is 16.5. The van der Waals surface area contributed by atoms with Crippen molar-refractivity contribution in [3.63, 3.8) is 0 Å². The molecule has 0 bridgehead atoms. The summed E-state index contributed by atoms with van der Waals surface area (Å²) in [5.74, 6) is -0.000161. The minimum absolute atomic E-state index is 0.00577. The Balaban J connectivity index is 1.90. The number of nitrogens with zero attached hydrogens (tertiary/aromatic N) is 5. The zero-order chi connectivity index (χ0) is 22.8. The molecule has 1 atom stereocenters. The summed E-state index contributed by atoms with van der Waals surface area (Å²) in [7, 11) is 2.66. The number of anilines is 1. The van der Waals surface area contributed by atoms with Gasteiger partial charge in [0.05, 0.1) is 7.11 Å². The fraction of sp³-hybridized carbons (Fsp3) is 0.455. The Morgan fingerprint density at radius 1 is 1.22 bits per heavy atom. The van der Waals surface area contributed by atoms with Gasteiger partial charge in [-0.05, 0) is 24.8 Å². The van der Waals surface area contributed by atoms with Crippen molar-refractivity contribution in [3.8, 4) is 0 Å². The van der Waals surface area contributed by atoms with Crippen LogP contribution in [0.5, 0.6) is 0 Å².